The minimum absolute atomic E-state index is 0.0808. The lowest BCUT2D eigenvalue weighted by molar-refractivity contribution is -0.152. The van der Waals surface area contributed by atoms with Crippen LogP contribution in [0.5, 0.6) is 5.75 Å². The van der Waals surface area contributed by atoms with Crippen molar-refractivity contribution in [2.24, 2.45) is 0 Å². The van der Waals surface area contributed by atoms with Gasteiger partial charge < -0.3 is 25.2 Å². The Labute approximate surface area is 176 Å². The molecule has 8 heteroatoms. The molecular formula is C22H30N4O4. The summed E-state index contributed by atoms with van der Waals surface area (Å²) >= 11 is 0. The molecule has 162 valence electrons. The van der Waals surface area contributed by atoms with Crippen molar-refractivity contribution in [1.29, 1.82) is 0 Å². The molecule has 2 N–H and O–H groups in total. The van der Waals surface area contributed by atoms with Crippen LogP contribution in [0.3, 0.4) is 0 Å². The number of hydrogen-bond acceptors (Lipinski definition) is 4. The van der Waals surface area contributed by atoms with Crippen LogP contribution in [0.2, 0.25) is 0 Å². The average molecular weight is 415 g/mol. The zero-order valence-corrected chi connectivity index (χ0v) is 17.4. The topological polar surface area (TPSA) is 91.0 Å². The highest BCUT2D eigenvalue weighted by molar-refractivity contribution is 5.97. The van der Waals surface area contributed by atoms with Crippen molar-refractivity contribution in [3.63, 3.8) is 0 Å². The molecule has 1 aliphatic carbocycles. The van der Waals surface area contributed by atoms with Crippen LogP contribution >= 0.6 is 0 Å². The molecule has 3 aliphatic rings. The molecule has 1 saturated carbocycles. The van der Waals surface area contributed by atoms with Gasteiger partial charge in [0.25, 0.3) is 0 Å². The van der Waals surface area contributed by atoms with E-state index >= 15 is 0 Å². The minimum atomic E-state index is -0.615. The number of ether oxygens (including phenoxy) is 1. The third-order valence-electron chi connectivity index (χ3n) is 6.40. The van der Waals surface area contributed by atoms with E-state index in [1.165, 1.54) is 6.42 Å². The van der Waals surface area contributed by atoms with E-state index in [0.717, 1.165) is 37.0 Å². The van der Waals surface area contributed by atoms with Gasteiger partial charge in [0.2, 0.25) is 11.8 Å². The number of nitrogens with zero attached hydrogens (tertiary/aromatic N) is 2. The first-order valence-electron chi connectivity index (χ1n) is 10.8. The molecule has 4 rings (SSSR count). The zero-order valence-electron chi connectivity index (χ0n) is 17.4. The van der Waals surface area contributed by atoms with Crippen molar-refractivity contribution in [3.05, 3.63) is 29.8 Å². The summed E-state index contributed by atoms with van der Waals surface area (Å²) in [7, 11) is 1.61. The summed E-state index contributed by atoms with van der Waals surface area (Å²) in [6, 6.07) is 6.39. The van der Waals surface area contributed by atoms with Crippen molar-refractivity contribution < 1.29 is 19.1 Å². The highest BCUT2D eigenvalue weighted by atomic mass is 16.5. The molecule has 2 atom stereocenters. The number of hydrogen-bond donors (Lipinski definition) is 2. The van der Waals surface area contributed by atoms with Crippen molar-refractivity contribution in [2.75, 3.05) is 26.7 Å². The first-order chi connectivity index (χ1) is 14.5. The monoisotopic (exact) mass is 414 g/mol. The van der Waals surface area contributed by atoms with Gasteiger partial charge in [0.15, 0.2) is 0 Å². The second-order valence-corrected chi connectivity index (χ2v) is 8.39. The summed E-state index contributed by atoms with van der Waals surface area (Å²) in [4.78, 5) is 41.7. The Hall–Kier alpha value is -2.77. The molecule has 30 heavy (non-hydrogen) atoms. The predicted molar refractivity (Wildman–Crippen MR) is 111 cm³/mol. The van der Waals surface area contributed by atoms with Gasteiger partial charge in [-0.05, 0) is 30.5 Å². The molecule has 4 amide bonds. The van der Waals surface area contributed by atoms with Gasteiger partial charge in [-0.3, -0.25) is 9.59 Å². The minimum Gasteiger partial charge on any atom is -0.497 e. The van der Waals surface area contributed by atoms with Crippen LogP contribution in [-0.4, -0.2) is 72.5 Å². The van der Waals surface area contributed by atoms with Gasteiger partial charge in [0, 0.05) is 25.6 Å². The highest BCUT2D eigenvalue weighted by Gasteiger charge is 2.44. The summed E-state index contributed by atoms with van der Waals surface area (Å²) < 4.78 is 5.16. The molecule has 0 bridgehead atoms. The van der Waals surface area contributed by atoms with E-state index in [-0.39, 0.29) is 30.4 Å². The number of rotatable bonds is 4. The average Bonchev–Trinajstić information content (AvgIpc) is 2.78. The Morgan fingerprint density at radius 1 is 1.13 bits per heavy atom. The van der Waals surface area contributed by atoms with E-state index in [2.05, 4.69) is 10.6 Å². The third-order valence-corrected chi connectivity index (χ3v) is 6.40. The zero-order chi connectivity index (χ0) is 21.1. The van der Waals surface area contributed by atoms with E-state index in [9.17, 15) is 14.4 Å². The smallest absolute Gasteiger partial charge is 0.317 e. The fourth-order valence-electron chi connectivity index (χ4n) is 4.63. The van der Waals surface area contributed by atoms with E-state index in [1.807, 2.05) is 24.3 Å². The second kappa shape index (κ2) is 8.93. The Morgan fingerprint density at radius 3 is 2.57 bits per heavy atom. The van der Waals surface area contributed by atoms with Gasteiger partial charge in [-0.15, -0.1) is 0 Å². The maximum absolute atomic E-state index is 13.0. The maximum atomic E-state index is 13.0. The Kier molecular flexibility index (Phi) is 6.11. The van der Waals surface area contributed by atoms with Crippen LogP contribution in [-0.2, 0) is 16.0 Å². The van der Waals surface area contributed by atoms with Crippen LogP contribution in [0.4, 0.5) is 4.79 Å². The quantitative estimate of drug-likeness (QED) is 0.777. The van der Waals surface area contributed by atoms with Crippen LogP contribution in [0, 0.1) is 0 Å². The Bertz CT molecular complexity index is 791. The largest absolute Gasteiger partial charge is 0.497 e. The van der Waals surface area contributed by atoms with E-state index in [1.54, 1.807) is 16.9 Å². The number of benzene rings is 1. The van der Waals surface area contributed by atoms with Gasteiger partial charge in [-0.2, -0.15) is 0 Å². The summed E-state index contributed by atoms with van der Waals surface area (Å²) in [5, 5.41) is 5.97. The molecule has 0 spiro atoms. The third kappa shape index (κ3) is 4.37. The summed E-state index contributed by atoms with van der Waals surface area (Å²) in [5.74, 6) is 0.478. The molecule has 2 saturated heterocycles. The van der Waals surface area contributed by atoms with E-state index < -0.39 is 12.1 Å². The molecule has 0 unspecified atom stereocenters. The molecular weight excluding hydrogens is 384 g/mol. The summed E-state index contributed by atoms with van der Waals surface area (Å²) in [6.07, 6.45) is 5.99. The molecule has 2 aliphatic heterocycles. The predicted octanol–water partition coefficient (Wildman–Crippen LogP) is 1.29. The number of amides is 4. The number of carbonyl (C=O) groups excluding carboxylic acids is 3. The molecule has 0 radical (unpaired) electrons. The summed E-state index contributed by atoms with van der Waals surface area (Å²) in [6.45, 7) is 1.07. The first-order valence-corrected chi connectivity index (χ1v) is 10.8. The molecule has 2 heterocycles. The van der Waals surface area contributed by atoms with Gasteiger partial charge in [0.05, 0.1) is 13.7 Å². The standard InChI is InChI=1S/C22H30N4O4/c1-30-17-9-7-15(8-10-17)13-18-21(28)26-12-11-25(14-19(26)20(27)24-18)22(29)23-16-5-3-2-4-6-16/h7-10,16,18-19H,2-6,11-14H2,1H3,(H,23,29)(H,24,27)/t18-,19-/m1/s1. The first kappa shape index (κ1) is 20.5. The second-order valence-electron chi connectivity index (χ2n) is 8.39. The number of fused-ring (bicyclic) bond motifs is 1. The van der Waals surface area contributed by atoms with Crippen molar-refractivity contribution in [1.82, 2.24) is 20.4 Å². The number of methoxy groups -OCH3 is 1. The number of piperazine rings is 2. The molecule has 8 nitrogen and oxygen atoms in total. The summed E-state index contributed by atoms with van der Waals surface area (Å²) in [5.41, 5.74) is 0.957. The van der Waals surface area contributed by atoms with Crippen molar-refractivity contribution in [2.45, 2.75) is 56.7 Å². The van der Waals surface area contributed by atoms with Crippen LogP contribution < -0.4 is 15.4 Å². The van der Waals surface area contributed by atoms with Gasteiger partial charge in [-0.25, -0.2) is 4.79 Å². The molecule has 3 fully saturated rings. The normalized spacial score (nSPS) is 24.8. The van der Waals surface area contributed by atoms with Gasteiger partial charge in [-0.1, -0.05) is 31.4 Å². The lowest BCUT2D eigenvalue weighted by atomic mass is 9.95. The molecule has 0 aromatic heterocycles. The fourth-order valence-corrected chi connectivity index (χ4v) is 4.63. The Balaban J connectivity index is 1.36. The SMILES string of the molecule is COc1ccc(C[C@H]2NC(=O)[C@H]3CN(C(=O)NC4CCCCC4)CCN3C2=O)cc1. The lowest BCUT2D eigenvalue weighted by Gasteiger charge is -2.45. The fraction of sp³-hybridized carbons (Fsp3) is 0.591. The van der Waals surface area contributed by atoms with Crippen LogP contribution in [0.1, 0.15) is 37.7 Å². The number of carbonyl (C=O) groups is 3. The maximum Gasteiger partial charge on any atom is 0.317 e. The lowest BCUT2D eigenvalue weighted by Crippen LogP contribution is -2.70. The van der Waals surface area contributed by atoms with Crippen LogP contribution in [0.25, 0.3) is 0 Å². The van der Waals surface area contributed by atoms with Crippen LogP contribution in [0.15, 0.2) is 24.3 Å². The number of nitrogens with one attached hydrogen (secondary N) is 2. The number of urea groups is 1. The van der Waals surface area contributed by atoms with Gasteiger partial charge >= 0.3 is 6.03 Å². The molecule has 1 aromatic carbocycles. The Morgan fingerprint density at radius 2 is 1.87 bits per heavy atom. The molecule has 1 aromatic rings. The highest BCUT2D eigenvalue weighted by Crippen LogP contribution is 2.21. The van der Waals surface area contributed by atoms with Crippen molar-refractivity contribution >= 4 is 17.8 Å². The van der Waals surface area contributed by atoms with E-state index in [0.29, 0.717) is 19.5 Å². The van der Waals surface area contributed by atoms with Crippen molar-refractivity contribution in [3.8, 4) is 5.75 Å². The van der Waals surface area contributed by atoms with Gasteiger partial charge in [0.1, 0.15) is 17.8 Å². The van der Waals surface area contributed by atoms with E-state index in [4.69, 9.17) is 4.74 Å².